The second-order valence-corrected chi connectivity index (χ2v) is 7.37. The van der Waals surface area contributed by atoms with E-state index in [1.165, 1.54) is 11.3 Å². The summed E-state index contributed by atoms with van der Waals surface area (Å²) in [5, 5.41) is 14.6. The molecule has 1 atom stereocenters. The first-order valence-electron chi connectivity index (χ1n) is 6.86. The Balaban J connectivity index is 1.71. The molecule has 7 heteroatoms. The first kappa shape index (κ1) is 14.5. The summed E-state index contributed by atoms with van der Waals surface area (Å²) in [5.74, 6) is 0.263. The minimum atomic E-state index is -0.497. The summed E-state index contributed by atoms with van der Waals surface area (Å²) in [7, 11) is 0. The van der Waals surface area contributed by atoms with Crippen molar-refractivity contribution in [2.45, 2.75) is 26.4 Å². The molecule has 0 aliphatic rings. The maximum Gasteiger partial charge on any atom is 0.261 e. The summed E-state index contributed by atoms with van der Waals surface area (Å²) in [6.07, 6.45) is 2.14. The highest BCUT2D eigenvalue weighted by molar-refractivity contribution is 7.21. The lowest BCUT2D eigenvalue weighted by Crippen LogP contribution is -2.32. The van der Waals surface area contributed by atoms with E-state index in [1.807, 2.05) is 35.9 Å². The van der Waals surface area contributed by atoms with Gasteiger partial charge in [0.2, 0.25) is 0 Å². The Hall–Kier alpha value is -1.44. The third kappa shape index (κ3) is 2.95. The van der Waals surface area contributed by atoms with Gasteiger partial charge in [-0.3, -0.25) is 9.20 Å². The molecule has 0 aliphatic heterocycles. The molecule has 3 aromatic heterocycles. The van der Waals surface area contributed by atoms with Crippen molar-refractivity contribution >= 4 is 43.9 Å². The van der Waals surface area contributed by atoms with Gasteiger partial charge in [0.15, 0.2) is 4.96 Å². The fourth-order valence-corrected chi connectivity index (χ4v) is 4.00. The maximum absolute atomic E-state index is 12.1. The molecule has 0 fully saturated rings. The van der Waals surface area contributed by atoms with Gasteiger partial charge < -0.3 is 10.4 Å². The van der Waals surface area contributed by atoms with Crippen LogP contribution in [0.3, 0.4) is 0 Å². The average molecular weight is 323 g/mol. The molecule has 1 unspecified atom stereocenters. The zero-order chi connectivity index (χ0) is 15.0. The van der Waals surface area contributed by atoms with Crippen molar-refractivity contribution in [3.63, 3.8) is 0 Å². The van der Waals surface area contributed by atoms with Crippen LogP contribution in [0.25, 0.3) is 15.3 Å². The number of thiophene rings is 1. The number of rotatable bonds is 5. The fourth-order valence-electron chi connectivity index (χ4n) is 2.28. The molecule has 3 heterocycles. The van der Waals surface area contributed by atoms with Gasteiger partial charge in [0, 0.05) is 18.1 Å². The molecule has 1 amide bonds. The molecule has 0 spiro atoms. The number of carbonyl (C=O) groups excluding carboxylic acids is 1. The lowest BCUT2D eigenvalue weighted by atomic mass is 10.1. The van der Waals surface area contributed by atoms with Crippen LogP contribution in [-0.4, -0.2) is 33.0 Å². The number of carbonyl (C=O) groups is 1. The zero-order valence-electron chi connectivity index (χ0n) is 11.9. The Bertz CT molecular complexity index is 772. The minimum absolute atomic E-state index is 0.148. The molecular weight excluding hydrogens is 306 g/mol. The van der Waals surface area contributed by atoms with Gasteiger partial charge in [-0.15, -0.1) is 22.7 Å². The van der Waals surface area contributed by atoms with Gasteiger partial charge in [0.25, 0.3) is 5.91 Å². The van der Waals surface area contributed by atoms with Gasteiger partial charge >= 0.3 is 0 Å². The molecule has 2 N–H and O–H groups in total. The molecule has 112 valence electrons. The Morgan fingerprint density at radius 3 is 3.10 bits per heavy atom. The number of imidazole rings is 1. The van der Waals surface area contributed by atoms with Crippen LogP contribution in [0.15, 0.2) is 17.6 Å². The molecule has 21 heavy (non-hydrogen) atoms. The monoisotopic (exact) mass is 323 g/mol. The molecule has 3 rings (SSSR count). The van der Waals surface area contributed by atoms with Gasteiger partial charge in [-0.25, -0.2) is 4.98 Å². The summed E-state index contributed by atoms with van der Waals surface area (Å²) in [6, 6.07) is 1.86. The number of hydrogen-bond acceptors (Lipinski definition) is 5. The van der Waals surface area contributed by atoms with Crippen molar-refractivity contribution in [2.75, 3.05) is 6.54 Å². The number of hydrogen-bond donors (Lipinski definition) is 2. The molecule has 3 aromatic rings. The van der Waals surface area contributed by atoms with Crippen LogP contribution in [0.2, 0.25) is 0 Å². The molecule has 5 nitrogen and oxygen atoms in total. The maximum atomic E-state index is 12.1. The summed E-state index contributed by atoms with van der Waals surface area (Å²) in [4.78, 5) is 19.1. The van der Waals surface area contributed by atoms with Gasteiger partial charge in [-0.1, -0.05) is 13.8 Å². The van der Waals surface area contributed by atoms with E-state index in [0.29, 0.717) is 17.2 Å². The largest absolute Gasteiger partial charge is 0.391 e. The standard InChI is InChI=1S/C14H17N3O2S2/c1-8(2)5-9(18)7-15-12(19)11-6-10-13(21-11)16-14-17(10)3-4-20-14/h3-4,6,8-9,18H,5,7H2,1-2H3,(H,15,19). The first-order chi connectivity index (χ1) is 10.0. The predicted octanol–water partition coefficient (Wildman–Crippen LogP) is 2.75. The summed E-state index contributed by atoms with van der Waals surface area (Å²) in [5.41, 5.74) is 0.962. The van der Waals surface area contributed by atoms with E-state index >= 15 is 0 Å². The van der Waals surface area contributed by atoms with Crippen molar-refractivity contribution in [3.05, 3.63) is 22.5 Å². The van der Waals surface area contributed by atoms with E-state index in [4.69, 9.17) is 0 Å². The van der Waals surface area contributed by atoms with Crippen LogP contribution in [0.1, 0.15) is 29.9 Å². The van der Waals surface area contributed by atoms with Crippen LogP contribution < -0.4 is 5.32 Å². The Labute approximate surface area is 130 Å². The van der Waals surface area contributed by atoms with Crippen molar-refractivity contribution in [3.8, 4) is 0 Å². The van der Waals surface area contributed by atoms with Gasteiger partial charge in [-0.2, -0.15) is 0 Å². The normalized spacial score (nSPS) is 13.3. The quantitative estimate of drug-likeness (QED) is 0.759. The topological polar surface area (TPSA) is 66.6 Å². The van der Waals surface area contributed by atoms with Crippen molar-refractivity contribution in [1.29, 1.82) is 0 Å². The number of fused-ring (bicyclic) bond motifs is 3. The van der Waals surface area contributed by atoms with E-state index in [2.05, 4.69) is 10.3 Å². The molecule has 0 bridgehead atoms. The van der Waals surface area contributed by atoms with E-state index in [-0.39, 0.29) is 12.5 Å². The Morgan fingerprint density at radius 1 is 1.52 bits per heavy atom. The highest BCUT2D eigenvalue weighted by atomic mass is 32.1. The van der Waals surface area contributed by atoms with Crippen LogP contribution in [-0.2, 0) is 0 Å². The van der Waals surface area contributed by atoms with E-state index in [9.17, 15) is 9.90 Å². The highest BCUT2D eigenvalue weighted by Gasteiger charge is 2.16. The number of aliphatic hydroxyl groups is 1. The van der Waals surface area contributed by atoms with Gasteiger partial charge in [-0.05, 0) is 18.4 Å². The van der Waals surface area contributed by atoms with Crippen LogP contribution in [0.4, 0.5) is 0 Å². The second kappa shape index (κ2) is 5.75. The van der Waals surface area contributed by atoms with E-state index < -0.39 is 6.10 Å². The molecule has 0 radical (unpaired) electrons. The van der Waals surface area contributed by atoms with Crippen molar-refractivity contribution < 1.29 is 9.90 Å². The molecular formula is C14H17N3O2S2. The predicted molar refractivity (Wildman–Crippen MR) is 86.2 cm³/mol. The first-order valence-corrected chi connectivity index (χ1v) is 8.55. The summed E-state index contributed by atoms with van der Waals surface area (Å²) >= 11 is 2.96. The highest BCUT2D eigenvalue weighted by Crippen LogP contribution is 2.28. The van der Waals surface area contributed by atoms with Gasteiger partial charge in [0.05, 0.1) is 16.5 Å². The zero-order valence-corrected chi connectivity index (χ0v) is 13.5. The van der Waals surface area contributed by atoms with Crippen LogP contribution in [0, 0.1) is 5.92 Å². The Morgan fingerprint density at radius 2 is 2.33 bits per heavy atom. The lowest BCUT2D eigenvalue weighted by molar-refractivity contribution is 0.0904. The molecule has 0 aliphatic carbocycles. The second-order valence-electron chi connectivity index (χ2n) is 5.46. The van der Waals surface area contributed by atoms with E-state index in [0.717, 1.165) is 15.3 Å². The third-order valence-corrected chi connectivity index (χ3v) is 4.98. The SMILES string of the molecule is CC(C)CC(O)CNC(=O)c1cc2c(nc3sccn32)s1. The van der Waals surface area contributed by atoms with Crippen LogP contribution >= 0.6 is 22.7 Å². The molecule has 0 saturated carbocycles. The van der Waals surface area contributed by atoms with Crippen molar-refractivity contribution in [2.24, 2.45) is 5.92 Å². The number of nitrogens with one attached hydrogen (secondary N) is 1. The number of aromatic nitrogens is 2. The number of nitrogens with zero attached hydrogens (tertiary/aromatic N) is 2. The average Bonchev–Trinajstić information content (AvgIpc) is 3.05. The number of amides is 1. The van der Waals surface area contributed by atoms with Gasteiger partial charge in [0.1, 0.15) is 4.83 Å². The van der Waals surface area contributed by atoms with Crippen LogP contribution in [0.5, 0.6) is 0 Å². The molecule has 0 saturated heterocycles. The number of aliphatic hydroxyl groups excluding tert-OH is 1. The summed E-state index contributed by atoms with van der Waals surface area (Å²) < 4.78 is 1.99. The van der Waals surface area contributed by atoms with Crippen molar-refractivity contribution in [1.82, 2.24) is 14.7 Å². The Kier molecular flexibility index (Phi) is 3.97. The molecule has 0 aromatic carbocycles. The summed E-state index contributed by atoms with van der Waals surface area (Å²) in [6.45, 7) is 4.38. The minimum Gasteiger partial charge on any atom is -0.391 e. The lowest BCUT2D eigenvalue weighted by Gasteiger charge is -2.13. The smallest absolute Gasteiger partial charge is 0.261 e. The third-order valence-electron chi connectivity index (χ3n) is 3.21. The fraction of sp³-hybridized carbons (Fsp3) is 0.429. The van der Waals surface area contributed by atoms with E-state index in [1.54, 1.807) is 11.3 Å². The number of thiazole rings is 1.